The van der Waals surface area contributed by atoms with Crippen molar-refractivity contribution in [1.82, 2.24) is 14.8 Å². The first kappa shape index (κ1) is 8.74. The van der Waals surface area contributed by atoms with Crippen LogP contribution in [0.15, 0.2) is 24.5 Å². The van der Waals surface area contributed by atoms with Gasteiger partial charge in [-0.05, 0) is 18.6 Å². The van der Waals surface area contributed by atoms with Crippen LogP contribution in [0.5, 0.6) is 0 Å². The summed E-state index contributed by atoms with van der Waals surface area (Å²) in [5.74, 6) is 0.842. The first-order valence-electron chi connectivity index (χ1n) is 4.39. The molecular formula is C10H12N4. The van der Waals surface area contributed by atoms with E-state index in [0.717, 1.165) is 22.6 Å². The maximum atomic E-state index is 5.82. The highest BCUT2D eigenvalue weighted by Gasteiger charge is 2.08. The summed E-state index contributed by atoms with van der Waals surface area (Å²) in [5, 5.41) is 7.89. The first-order valence-corrected chi connectivity index (χ1v) is 4.39. The van der Waals surface area contributed by atoms with Crippen molar-refractivity contribution in [3.63, 3.8) is 0 Å². The molecule has 0 amide bonds. The van der Waals surface area contributed by atoms with Crippen molar-refractivity contribution in [3.05, 3.63) is 30.1 Å². The van der Waals surface area contributed by atoms with Crippen LogP contribution in [0.4, 0.5) is 5.69 Å². The van der Waals surface area contributed by atoms with Crippen molar-refractivity contribution in [3.8, 4) is 11.4 Å². The second-order valence-corrected chi connectivity index (χ2v) is 3.29. The molecule has 14 heavy (non-hydrogen) atoms. The molecule has 0 aliphatic heterocycles. The minimum absolute atomic E-state index is 0.783. The van der Waals surface area contributed by atoms with Crippen LogP contribution in [0.25, 0.3) is 11.4 Å². The molecule has 2 rings (SSSR count). The van der Waals surface area contributed by atoms with E-state index < -0.39 is 0 Å². The number of nitrogen functional groups attached to an aromatic ring is 1. The number of nitrogens with zero attached hydrogens (tertiary/aromatic N) is 3. The molecule has 0 fully saturated rings. The van der Waals surface area contributed by atoms with Gasteiger partial charge in [-0.1, -0.05) is 12.1 Å². The Morgan fingerprint density at radius 3 is 2.79 bits per heavy atom. The van der Waals surface area contributed by atoms with E-state index in [9.17, 15) is 0 Å². The van der Waals surface area contributed by atoms with E-state index in [1.54, 1.807) is 6.33 Å². The van der Waals surface area contributed by atoms with Crippen LogP contribution in [-0.4, -0.2) is 14.8 Å². The van der Waals surface area contributed by atoms with Crippen LogP contribution in [0.3, 0.4) is 0 Å². The lowest BCUT2D eigenvalue weighted by atomic mass is 10.1. The van der Waals surface area contributed by atoms with Gasteiger partial charge in [-0.15, -0.1) is 10.2 Å². The normalized spacial score (nSPS) is 10.4. The van der Waals surface area contributed by atoms with Crippen LogP contribution in [-0.2, 0) is 7.05 Å². The third-order valence-electron chi connectivity index (χ3n) is 2.33. The summed E-state index contributed by atoms with van der Waals surface area (Å²) in [5.41, 5.74) is 8.68. The molecular weight excluding hydrogens is 176 g/mol. The maximum absolute atomic E-state index is 5.82. The Morgan fingerprint density at radius 2 is 2.14 bits per heavy atom. The lowest BCUT2D eigenvalue weighted by molar-refractivity contribution is 0.918. The molecule has 2 N–H and O–H groups in total. The van der Waals surface area contributed by atoms with E-state index in [1.165, 1.54) is 0 Å². The van der Waals surface area contributed by atoms with Crippen molar-refractivity contribution in [2.24, 2.45) is 7.05 Å². The van der Waals surface area contributed by atoms with E-state index in [2.05, 4.69) is 10.2 Å². The van der Waals surface area contributed by atoms with E-state index in [-0.39, 0.29) is 0 Å². The molecule has 0 aliphatic carbocycles. The Kier molecular flexibility index (Phi) is 1.96. The number of aromatic nitrogens is 3. The first-order chi connectivity index (χ1) is 6.70. The predicted octanol–water partition coefficient (Wildman–Crippen LogP) is 1.37. The lowest BCUT2D eigenvalue weighted by Gasteiger charge is -2.06. The van der Waals surface area contributed by atoms with Gasteiger partial charge < -0.3 is 10.3 Å². The monoisotopic (exact) mass is 188 g/mol. The Hall–Kier alpha value is -1.84. The second-order valence-electron chi connectivity index (χ2n) is 3.29. The van der Waals surface area contributed by atoms with Gasteiger partial charge in [-0.3, -0.25) is 0 Å². The maximum Gasteiger partial charge on any atom is 0.163 e. The summed E-state index contributed by atoms with van der Waals surface area (Å²) in [6.07, 6.45) is 1.68. The SMILES string of the molecule is Cc1c(N)cccc1-c1nncn1C. The highest BCUT2D eigenvalue weighted by atomic mass is 15.2. The Morgan fingerprint density at radius 1 is 1.36 bits per heavy atom. The molecule has 1 aromatic heterocycles. The third kappa shape index (κ3) is 1.25. The largest absolute Gasteiger partial charge is 0.398 e. The van der Waals surface area contributed by atoms with Gasteiger partial charge in [0.15, 0.2) is 5.82 Å². The number of rotatable bonds is 1. The van der Waals surface area contributed by atoms with Gasteiger partial charge in [0.05, 0.1) is 0 Å². The summed E-state index contributed by atoms with van der Waals surface area (Å²) in [6, 6.07) is 5.80. The molecule has 1 aromatic carbocycles. The van der Waals surface area contributed by atoms with E-state index in [0.29, 0.717) is 0 Å². The minimum atomic E-state index is 0.783. The van der Waals surface area contributed by atoms with Crippen LogP contribution in [0.1, 0.15) is 5.56 Å². The molecule has 0 bridgehead atoms. The van der Waals surface area contributed by atoms with Crippen LogP contribution < -0.4 is 5.73 Å². The van der Waals surface area contributed by atoms with Gasteiger partial charge in [-0.25, -0.2) is 0 Å². The molecule has 4 nitrogen and oxygen atoms in total. The molecule has 0 unspecified atom stereocenters. The highest BCUT2D eigenvalue weighted by Crippen LogP contribution is 2.24. The Balaban J connectivity index is 2.63. The third-order valence-corrected chi connectivity index (χ3v) is 2.33. The zero-order valence-corrected chi connectivity index (χ0v) is 8.23. The minimum Gasteiger partial charge on any atom is -0.398 e. The van der Waals surface area contributed by atoms with Crippen molar-refractivity contribution in [2.45, 2.75) is 6.92 Å². The Bertz CT molecular complexity index is 459. The number of anilines is 1. The molecule has 1 heterocycles. The van der Waals surface area contributed by atoms with Crippen molar-refractivity contribution in [1.29, 1.82) is 0 Å². The standard InChI is InChI=1S/C10H12N4/c1-7-8(4-3-5-9(7)11)10-13-12-6-14(10)2/h3-6H,11H2,1-2H3. The molecule has 2 aromatic rings. The molecule has 0 saturated carbocycles. The summed E-state index contributed by atoms with van der Waals surface area (Å²) in [7, 11) is 1.91. The molecule has 0 saturated heterocycles. The lowest BCUT2D eigenvalue weighted by Crippen LogP contribution is -1.96. The fourth-order valence-corrected chi connectivity index (χ4v) is 1.42. The Labute approximate surface area is 82.4 Å². The summed E-state index contributed by atoms with van der Waals surface area (Å²) in [6.45, 7) is 1.99. The van der Waals surface area contributed by atoms with E-state index in [4.69, 9.17) is 5.73 Å². The fraction of sp³-hybridized carbons (Fsp3) is 0.200. The van der Waals surface area contributed by atoms with Gasteiger partial charge in [0.2, 0.25) is 0 Å². The topological polar surface area (TPSA) is 56.7 Å². The van der Waals surface area contributed by atoms with Crippen LogP contribution >= 0.6 is 0 Å². The highest BCUT2D eigenvalue weighted by molar-refractivity contribution is 5.67. The zero-order chi connectivity index (χ0) is 10.1. The molecule has 0 radical (unpaired) electrons. The number of nitrogens with two attached hydrogens (primary N) is 1. The van der Waals surface area contributed by atoms with Crippen molar-refractivity contribution in [2.75, 3.05) is 5.73 Å². The second kappa shape index (κ2) is 3.14. The van der Waals surface area contributed by atoms with Gasteiger partial charge in [-0.2, -0.15) is 0 Å². The molecule has 0 spiro atoms. The van der Waals surface area contributed by atoms with Gasteiger partial charge >= 0.3 is 0 Å². The predicted molar refractivity (Wildman–Crippen MR) is 55.6 cm³/mol. The molecule has 72 valence electrons. The fourth-order valence-electron chi connectivity index (χ4n) is 1.42. The van der Waals surface area contributed by atoms with Gasteiger partial charge in [0.25, 0.3) is 0 Å². The van der Waals surface area contributed by atoms with Crippen LogP contribution in [0, 0.1) is 6.92 Å². The quantitative estimate of drug-likeness (QED) is 0.688. The molecule has 0 aliphatic rings. The van der Waals surface area contributed by atoms with Crippen molar-refractivity contribution >= 4 is 5.69 Å². The van der Waals surface area contributed by atoms with Gasteiger partial charge in [0, 0.05) is 18.3 Å². The van der Waals surface area contributed by atoms with E-state index in [1.807, 2.05) is 36.7 Å². The smallest absolute Gasteiger partial charge is 0.163 e. The summed E-state index contributed by atoms with van der Waals surface area (Å²) in [4.78, 5) is 0. The molecule has 4 heteroatoms. The number of aryl methyl sites for hydroxylation is 1. The summed E-state index contributed by atoms with van der Waals surface area (Å²) >= 11 is 0. The average Bonchev–Trinajstić information content (AvgIpc) is 2.57. The average molecular weight is 188 g/mol. The zero-order valence-electron chi connectivity index (χ0n) is 8.23. The number of hydrogen-bond donors (Lipinski definition) is 1. The van der Waals surface area contributed by atoms with E-state index >= 15 is 0 Å². The van der Waals surface area contributed by atoms with Crippen LogP contribution in [0.2, 0.25) is 0 Å². The number of benzene rings is 1. The number of hydrogen-bond acceptors (Lipinski definition) is 3. The summed E-state index contributed by atoms with van der Waals surface area (Å²) < 4.78 is 1.88. The van der Waals surface area contributed by atoms with Gasteiger partial charge in [0.1, 0.15) is 6.33 Å². The van der Waals surface area contributed by atoms with Crippen molar-refractivity contribution < 1.29 is 0 Å². The molecule has 0 atom stereocenters.